The maximum absolute atomic E-state index is 11.9. The van der Waals surface area contributed by atoms with Crippen molar-refractivity contribution in [2.24, 2.45) is 0 Å². The van der Waals surface area contributed by atoms with E-state index in [4.69, 9.17) is 0 Å². The van der Waals surface area contributed by atoms with Gasteiger partial charge in [-0.15, -0.1) is 0 Å². The highest BCUT2D eigenvalue weighted by atomic mass is 79.9. The Morgan fingerprint density at radius 3 is 2.78 bits per heavy atom. The molecule has 0 radical (unpaired) electrons. The maximum atomic E-state index is 11.9. The van der Waals surface area contributed by atoms with Crippen LogP contribution in [0.25, 0.3) is 0 Å². The highest BCUT2D eigenvalue weighted by molar-refractivity contribution is 9.10. The van der Waals surface area contributed by atoms with Gasteiger partial charge in [-0.1, -0.05) is 12.1 Å². The lowest BCUT2D eigenvalue weighted by Crippen LogP contribution is -2.13. The number of aromatic hydroxyl groups is 1. The first-order valence-corrected chi connectivity index (χ1v) is 6.09. The highest BCUT2D eigenvalue weighted by Gasteiger charge is 2.11. The number of carbonyl (C=O) groups excluding carboxylic acids is 1. The average Bonchev–Trinajstić information content (AvgIpc) is 2.28. The number of pyridine rings is 1. The molecule has 0 saturated carbocycles. The number of nitrogens with one attached hydrogen (secondary N) is 1. The lowest BCUT2D eigenvalue weighted by Gasteiger charge is -2.07. The average molecular weight is 307 g/mol. The van der Waals surface area contributed by atoms with Gasteiger partial charge in [0.05, 0.1) is 5.56 Å². The van der Waals surface area contributed by atoms with Gasteiger partial charge in [0.1, 0.15) is 16.2 Å². The molecule has 0 aliphatic carbocycles. The molecule has 0 aliphatic rings. The summed E-state index contributed by atoms with van der Waals surface area (Å²) in [4.78, 5) is 16.0. The van der Waals surface area contributed by atoms with Crippen molar-refractivity contribution in [3.05, 3.63) is 52.1 Å². The van der Waals surface area contributed by atoms with Gasteiger partial charge < -0.3 is 10.4 Å². The van der Waals surface area contributed by atoms with E-state index >= 15 is 0 Å². The molecule has 2 aromatic rings. The summed E-state index contributed by atoms with van der Waals surface area (Å²) in [5, 5.41) is 12.3. The molecule has 0 aliphatic heterocycles. The molecule has 0 bridgehead atoms. The highest BCUT2D eigenvalue weighted by Crippen LogP contribution is 2.20. The molecule has 2 N–H and O–H groups in total. The number of benzene rings is 1. The molecule has 1 aromatic carbocycles. The monoisotopic (exact) mass is 306 g/mol. The lowest BCUT2D eigenvalue weighted by atomic mass is 10.1. The van der Waals surface area contributed by atoms with Crippen molar-refractivity contribution in [1.82, 2.24) is 4.98 Å². The summed E-state index contributed by atoms with van der Waals surface area (Å²) in [7, 11) is 0. The standard InChI is InChI=1S/C13H11BrN2O2/c1-8-5-6-9(10(17)7-8)13(18)16-12-4-2-3-11(14)15-12/h2-7,17H,1H3,(H,15,16,18). The molecular weight excluding hydrogens is 296 g/mol. The Bertz CT molecular complexity index is 599. The second-order valence-electron chi connectivity index (χ2n) is 3.82. The van der Waals surface area contributed by atoms with Crippen molar-refractivity contribution >= 4 is 27.7 Å². The van der Waals surface area contributed by atoms with E-state index in [1.807, 2.05) is 6.92 Å². The Balaban J connectivity index is 2.22. The molecule has 1 aromatic heterocycles. The van der Waals surface area contributed by atoms with Gasteiger partial charge in [0, 0.05) is 0 Å². The van der Waals surface area contributed by atoms with E-state index in [1.165, 1.54) is 0 Å². The van der Waals surface area contributed by atoms with Gasteiger partial charge in [-0.2, -0.15) is 0 Å². The van der Waals surface area contributed by atoms with Crippen LogP contribution in [0.4, 0.5) is 5.82 Å². The molecule has 2 rings (SSSR count). The molecule has 0 unspecified atom stereocenters. The Hall–Kier alpha value is -1.88. The number of anilines is 1. The molecule has 0 saturated heterocycles. The summed E-state index contributed by atoms with van der Waals surface area (Å²) >= 11 is 3.22. The van der Waals surface area contributed by atoms with Crippen LogP contribution in [-0.2, 0) is 0 Å². The van der Waals surface area contributed by atoms with Crippen molar-refractivity contribution in [3.8, 4) is 5.75 Å². The Morgan fingerprint density at radius 1 is 1.33 bits per heavy atom. The lowest BCUT2D eigenvalue weighted by molar-refractivity contribution is 0.102. The SMILES string of the molecule is Cc1ccc(C(=O)Nc2cccc(Br)n2)c(O)c1. The van der Waals surface area contributed by atoms with Crippen LogP contribution in [0.2, 0.25) is 0 Å². The van der Waals surface area contributed by atoms with Crippen LogP contribution < -0.4 is 5.32 Å². The summed E-state index contributed by atoms with van der Waals surface area (Å²) in [5.74, 6) is -0.00468. The van der Waals surface area contributed by atoms with Crippen molar-refractivity contribution in [2.75, 3.05) is 5.32 Å². The van der Waals surface area contributed by atoms with Gasteiger partial charge in [-0.05, 0) is 52.7 Å². The van der Waals surface area contributed by atoms with E-state index in [1.54, 1.807) is 36.4 Å². The molecule has 5 heteroatoms. The van der Waals surface area contributed by atoms with E-state index in [9.17, 15) is 9.90 Å². The molecule has 0 atom stereocenters. The fourth-order valence-corrected chi connectivity index (χ4v) is 1.84. The van der Waals surface area contributed by atoms with E-state index in [2.05, 4.69) is 26.2 Å². The van der Waals surface area contributed by atoms with E-state index in [0.29, 0.717) is 10.4 Å². The minimum atomic E-state index is -0.391. The summed E-state index contributed by atoms with van der Waals surface area (Å²) in [5.41, 5.74) is 1.12. The summed E-state index contributed by atoms with van der Waals surface area (Å²) < 4.78 is 0.633. The summed E-state index contributed by atoms with van der Waals surface area (Å²) in [6.45, 7) is 1.84. The number of hydrogen-bond acceptors (Lipinski definition) is 3. The largest absolute Gasteiger partial charge is 0.507 e. The topological polar surface area (TPSA) is 62.2 Å². The van der Waals surface area contributed by atoms with Gasteiger partial charge in [0.2, 0.25) is 0 Å². The molecule has 4 nitrogen and oxygen atoms in total. The number of halogens is 1. The number of carbonyl (C=O) groups is 1. The molecule has 0 spiro atoms. The number of amides is 1. The number of aryl methyl sites for hydroxylation is 1. The first-order valence-electron chi connectivity index (χ1n) is 5.30. The second kappa shape index (κ2) is 5.18. The van der Waals surface area contributed by atoms with Gasteiger partial charge in [-0.3, -0.25) is 4.79 Å². The fraction of sp³-hybridized carbons (Fsp3) is 0.0769. The number of aromatic nitrogens is 1. The predicted molar refractivity (Wildman–Crippen MR) is 72.7 cm³/mol. The third-order valence-corrected chi connectivity index (χ3v) is 2.80. The van der Waals surface area contributed by atoms with Gasteiger partial charge in [0.15, 0.2) is 0 Å². The smallest absolute Gasteiger partial charge is 0.260 e. The quantitative estimate of drug-likeness (QED) is 0.838. The van der Waals surface area contributed by atoms with E-state index in [0.717, 1.165) is 5.56 Å². The zero-order valence-electron chi connectivity index (χ0n) is 9.64. The molecule has 1 heterocycles. The predicted octanol–water partition coefficient (Wildman–Crippen LogP) is 3.11. The van der Waals surface area contributed by atoms with Gasteiger partial charge in [-0.25, -0.2) is 4.98 Å². The molecule has 18 heavy (non-hydrogen) atoms. The van der Waals surface area contributed by atoms with Crippen LogP contribution in [0.5, 0.6) is 5.75 Å². The maximum Gasteiger partial charge on any atom is 0.260 e. The first kappa shape index (κ1) is 12.6. The van der Waals surface area contributed by atoms with Crippen molar-refractivity contribution in [3.63, 3.8) is 0 Å². The third-order valence-electron chi connectivity index (χ3n) is 2.35. The molecule has 0 fully saturated rings. The molecule has 1 amide bonds. The van der Waals surface area contributed by atoms with E-state index in [-0.39, 0.29) is 11.3 Å². The van der Waals surface area contributed by atoms with Crippen molar-refractivity contribution in [2.45, 2.75) is 6.92 Å². The van der Waals surface area contributed by atoms with E-state index < -0.39 is 5.91 Å². The number of hydrogen-bond donors (Lipinski definition) is 2. The van der Waals surface area contributed by atoms with Crippen LogP contribution >= 0.6 is 15.9 Å². The fourth-order valence-electron chi connectivity index (χ4n) is 1.50. The molecule has 92 valence electrons. The van der Waals surface area contributed by atoms with Crippen LogP contribution in [-0.4, -0.2) is 16.0 Å². The van der Waals surface area contributed by atoms with Crippen molar-refractivity contribution in [1.29, 1.82) is 0 Å². The zero-order chi connectivity index (χ0) is 13.1. The van der Waals surface area contributed by atoms with Crippen LogP contribution in [0.15, 0.2) is 41.0 Å². The number of nitrogens with zero attached hydrogens (tertiary/aromatic N) is 1. The summed E-state index contributed by atoms with van der Waals surface area (Å²) in [6, 6.07) is 10.1. The molecular formula is C13H11BrN2O2. The van der Waals surface area contributed by atoms with Gasteiger partial charge in [0.25, 0.3) is 5.91 Å². The van der Waals surface area contributed by atoms with Gasteiger partial charge >= 0.3 is 0 Å². The van der Waals surface area contributed by atoms with Crippen molar-refractivity contribution < 1.29 is 9.90 Å². The normalized spacial score (nSPS) is 10.1. The Labute approximate surface area is 113 Å². The van der Waals surface area contributed by atoms with Crippen LogP contribution in [0.1, 0.15) is 15.9 Å². The number of phenolic OH excluding ortho intramolecular Hbond substituents is 1. The minimum absolute atomic E-state index is 0.0394. The van der Waals surface area contributed by atoms with Crippen LogP contribution in [0, 0.1) is 6.92 Å². The second-order valence-corrected chi connectivity index (χ2v) is 4.63. The Morgan fingerprint density at radius 2 is 2.11 bits per heavy atom. The summed E-state index contributed by atoms with van der Waals surface area (Å²) in [6.07, 6.45) is 0. The number of rotatable bonds is 2. The number of phenols is 1. The Kier molecular flexibility index (Phi) is 3.62. The minimum Gasteiger partial charge on any atom is -0.507 e. The first-order chi connectivity index (χ1) is 8.56. The zero-order valence-corrected chi connectivity index (χ0v) is 11.2. The third kappa shape index (κ3) is 2.87. The van der Waals surface area contributed by atoms with Crippen LogP contribution in [0.3, 0.4) is 0 Å².